The van der Waals surface area contributed by atoms with Crippen molar-refractivity contribution in [3.63, 3.8) is 0 Å². The van der Waals surface area contributed by atoms with E-state index in [1.807, 2.05) is 0 Å². The fourth-order valence-electron chi connectivity index (χ4n) is 0. The van der Waals surface area contributed by atoms with Gasteiger partial charge in [-0.15, -0.1) is 0 Å². The molecule has 0 aliphatic carbocycles. The van der Waals surface area contributed by atoms with Crippen molar-refractivity contribution in [2.75, 3.05) is 0 Å². The van der Waals surface area contributed by atoms with Crippen LogP contribution in [0.5, 0.6) is 0 Å². The van der Waals surface area contributed by atoms with Crippen LogP contribution < -0.4 is 0 Å². The summed E-state index contributed by atoms with van der Waals surface area (Å²) in [4.78, 5) is 0. The molecule has 0 atom stereocenters. The summed E-state index contributed by atoms with van der Waals surface area (Å²) < 4.78 is 8.30. The molecule has 0 aromatic heterocycles. The van der Waals surface area contributed by atoms with Gasteiger partial charge >= 0.3 is 26.0 Å². The molecule has 0 aromatic rings. The first-order chi connectivity index (χ1) is 1.00. The molecule has 0 bridgehead atoms. The van der Waals surface area contributed by atoms with E-state index in [0.29, 0.717) is 23.0 Å². The minimum Gasteiger partial charge on any atom is 0 e. The summed E-state index contributed by atoms with van der Waals surface area (Å²) in [7, 11) is 0. The molecule has 0 rings (SSSR count). The van der Waals surface area contributed by atoms with Crippen molar-refractivity contribution in [3.8, 4) is 0 Å². The van der Waals surface area contributed by atoms with Crippen molar-refractivity contribution in [2.45, 2.75) is 0 Å². The molecule has 0 N–H and O–H groups in total. The Bertz CT molecular complexity index is 3.25. The van der Waals surface area contributed by atoms with Gasteiger partial charge in [0.15, 0.2) is 0 Å². The molecule has 1 nitrogen and oxygen atoms in total. The average molecular weight is 381 g/mol. The third kappa shape index (κ3) is 8.87. The Morgan fingerprint density at radius 2 is 1.00 bits per heavy atom. The zero-order valence-electron chi connectivity index (χ0n) is 1.75. The van der Waals surface area contributed by atoms with Crippen LogP contribution in [-0.2, 0) is 3.02 Å². The fourth-order valence-corrected chi connectivity index (χ4v) is 0. The van der Waals surface area contributed by atoms with Crippen LogP contribution in [0.2, 0.25) is 0 Å². The maximum atomic E-state index is 8.30. The molecule has 0 saturated heterocycles. The van der Waals surface area contributed by atoms with Gasteiger partial charge in [-0.1, -0.05) is 0 Å². The molecule has 0 heterocycles. The normalized spacial score (nSPS) is 1.00. The molecule has 0 fully saturated rings. The van der Waals surface area contributed by atoms with Crippen LogP contribution in [0.15, 0.2) is 0 Å². The van der Waals surface area contributed by atoms with E-state index >= 15 is 0 Å². The van der Waals surface area contributed by atoms with Crippen molar-refractivity contribution >= 4 is 71.9 Å². The number of rotatable bonds is 0. The van der Waals surface area contributed by atoms with E-state index < -0.39 is 0 Å². The van der Waals surface area contributed by atoms with E-state index in [1.54, 1.807) is 0 Å². The Balaban J connectivity index is -0.00000000500. The summed E-state index contributed by atoms with van der Waals surface area (Å²) in [5, 5.41) is 0. The summed E-state index contributed by atoms with van der Waals surface area (Å²) in [6.45, 7) is 0. The van der Waals surface area contributed by atoms with E-state index in [2.05, 4.69) is 0 Å². The van der Waals surface area contributed by atoms with Gasteiger partial charge in [-0.25, -0.2) is 0 Å². The molecule has 0 saturated carbocycles. The average Bonchev–Trinajstić information content (AvgIpc) is 1.00. The monoisotopic (exact) mass is 379 g/mol. The first kappa shape index (κ1) is 16.3. The van der Waals surface area contributed by atoms with Crippen molar-refractivity contribution in [2.24, 2.45) is 0 Å². The molecule has 4 heavy (non-hydrogen) atoms. The van der Waals surface area contributed by atoms with E-state index in [1.165, 1.54) is 0 Å². The minimum absolute atomic E-state index is 0. The summed E-state index contributed by atoms with van der Waals surface area (Å²) in [5.41, 5.74) is 0. The molecule has 0 aliphatic heterocycles. The predicted octanol–water partition coefficient (Wildman–Crippen LogP) is -1.26. The third-order valence-corrected chi connectivity index (χ3v) is 0. The Morgan fingerprint density at radius 3 is 1.00 bits per heavy atom. The van der Waals surface area contributed by atoms with E-state index in [9.17, 15) is 0 Å². The molecule has 21 valence electrons. The van der Waals surface area contributed by atoms with Gasteiger partial charge in [-0.2, -0.15) is 0 Å². The summed E-state index contributed by atoms with van der Waals surface area (Å²) in [6.07, 6.45) is 0. The maximum Gasteiger partial charge on any atom is 0 e. The molecule has 0 aromatic carbocycles. The van der Waals surface area contributed by atoms with Crippen LogP contribution in [0, 0.1) is 0 Å². The first-order valence-electron chi connectivity index (χ1n) is 0.183. The van der Waals surface area contributed by atoms with Crippen LogP contribution in [0.4, 0.5) is 0 Å². The molecular weight excluding hydrogens is 381 g/mol. The quantitative estimate of drug-likeness (QED) is 0.479. The first-order valence-corrected chi connectivity index (χ1v) is 1.22. The maximum absolute atomic E-state index is 8.30. The third-order valence-electron chi connectivity index (χ3n) is 0. The predicted molar refractivity (Wildman–Crippen MR) is 17.9 cm³/mol. The van der Waals surface area contributed by atoms with Gasteiger partial charge < -0.3 is 0 Å². The smallest absolute Gasteiger partial charge is 0 e. The Labute approximate surface area is 73.7 Å². The van der Waals surface area contributed by atoms with Crippen LogP contribution in [0.1, 0.15) is 0 Å². The molecule has 0 amide bonds. The van der Waals surface area contributed by atoms with Crippen molar-refractivity contribution < 1.29 is 3.02 Å². The molecule has 4 heteroatoms. The number of hydrogen-bond donors (Lipinski definition) is 0. The van der Waals surface area contributed by atoms with E-state index in [0.717, 1.165) is 0 Å². The summed E-state index contributed by atoms with van der Waals surface area (Å²) in [6, 6.07) is 0. The number of hydrogen-bond acceptors (Lipinski definition) is 1. The Morgan fingerprint density at radius 1 is 1.00 bits per heavy atom. The minimum atomic E-state index is 0. The topological polar surface area (TPSA) is 17.1 Å². The zero-order valence-corrected chi connectivity index (χ0v) is 9.41. The second-order valence-electron chi connectivity index (χ2n) is 0. The van der Waals surface area contributed by atoms with Crippen LogP contribution >= 0.6 is 0 Å². The molecular formula is OSb3. The summed E-state index contributed by atoms with van der Waals surface area (Å²) >= 11 is 0.500. The molecule has 0 aliphatic rings. The van der Waals surface area contributed by atoms with Gasteiger partial charge in [-0.3, -0.25) is 0 Å². The molecule has 7 radical (unpaired) electrons. The largest absolute Gasteiger partial charge is 0 e. The van der Waals surface area contributed by atoms with Crippen LogP contribution in [-0.4, -0.2) is 71.9 Å². The molecule has 0 unspecified atom stereocenters. The van der Waals surface area contributed by atoms with Gasteiger partial charge in [0, 0.05) is 48.9 Å². The summed E-state index contributed by atoms with van der Waals surface area (Å²) in [5.74, 6) is 0. The SMILES string of the molecule is [O]=[Sb].[Sb].[Sb]. The second kappa shape index (κ2) is 18.7. The van der Waals surface area contributed by atoms with E-state index in [4.69, 9.17) is 3.02 Å². The van der Waals surface area contributed by atoms with Crippen molar-refractivity contribution in [3.05, 3.63) is 0 Å². The van der Waals surface area contributed by atoms with Gasteiger partial charge in [0.05, 0.1) is 0 Å². The zero-order chi connectivity index (χ0) is 2.00. The van der Waals surface area contributed by atoms with E-state index in [-0.39, 0.29) is 48.9 Å². The Kier molecular flexibility index (Phi) is 76.3. The molecule has 0 spiro atoms. The second-order valence-corrected chi connectivity index (χ2v) is 0. The van der Waals surface area contributed by atoms with Gasteiger partial charge in [0.25, 0.3) is 0 Å². The van der Waals surface area contributed by atoms with Crippen LogP contribution in [0.3, 0.4) is 0 Å². The van der Waals surface area contributed by atoms with Crippen molar-refractivity contribution in [1.29, 1.82) is 0 Å². The van der Waals surface area contributed by atoms with Gasteiger partial charge in [0.1, 0.15) is 0 Å². The van der Waals surface area contributed by atoms with Crippen molar-refractivity contribution in [1.82, 2.24) is 0 Å². The van der Waals surface area contributed by atoms with Crippen LogP contribution in [0.25, 0.3) is 0 Å². The Hall–Kier alpha value is 2.25. The fraction of sp³-hybridized carbons (Fsp3) is 0. The van der Waals surface area contributed by atoms with Gasteiger partial charge in [0.2, 0.25) is 0 Å². The standard InChI is InChI=1S/O.3Sb. The van der Waals surface area contributed by atoms with Gasteiger partial charge in [-0.05, 0) is 0 Å².